The first-order valence-corrected chi connectivity index (χ1v) is 7.25. The molecule has 0 saturated heterocycles. The van der Waals surface area contributed by atoms with E-state index in [9.17, 15) is 4.79 Å². The molecule has 1 amide bonds. The lowest BCUT2D eigenvalue weighted by Gasteiger charge is -2.09. The highest BCUT2D eigenvalue weighted by atomic mass is 127. The van der Waals surface area contributed by atoms with Gasteiger partial charge in [0.05, 0.1) is 5.56 Å². The largest absolute Gasteiger partial charge is 0.409 e. The number of oxime groups is 1. The maximum atomic E-state index is 12.3. The Kier molecular flexibility index (Phi) is 4.79. The second-order valence-corrected chi connectivity index (χ2v) is 5.54. The van der Waals surface area contributed by atoms with Gasteiger partial charge in [-0.3, -0.25) is 4.79 Å². The van der Waals surface area contributed by atoms with E-state index < -0.39 is 0 Å². The van der Waals surface area contributed by atoms with Gasteiger partial charge in [0.2, 0.25) is 0 Å². The summed E-state index contributed by atoms with van der Waals surface area (Å²) in [6.07, 6.45) is 0. The molecule has 2 aromatic rings. The molecule has 108 valence electrons. The number of benzene rings is 2. The number of hydrogen-bond acceptors (Lipinski definition) is 3. The summed E-state index contributed by atoms with van der Waals surface area (Å²) in [5.41, 5.74) is 8.32. The highest BCUT2D eigenvalue weighted by molar-refractivity contribution is 14.1. The van der Waals surface area contributed by atoms with E-state index in [4.69, 9.17) is 10.9 Å². The summed E-state index contributed by atoms with van der Waals surface area (Å²) in [6.45, 7) is 1.96. The molecular formula is C15H14IN3O2. The highest BCUT2D eigenvalue weighted by Gasteiger charge is 2.12. The van der Waals surface area contributed by atoms with Crippen molar-refractivity contribution in [3.63, 3.8) is 0 Å². The smallest absolute Gasteiger partial charge is 0.256 e. The Morgan fingerprint density at radius 2 is 2.00 bits per heavy atom. The first kappa shape index (κ1) is 15.3. The van der Waals surface area contributed by atoms with Crippen LogP contribution in [0.5, 0.6) is 0 Å². The zero-order valence-electron chi connectivity index (χ0n) is 11.3. The molecule has 2 aromatic carbocycles. The Bertz CT molecular complexity index is 714. The van der Waals surface area contributed by atoms with Gasteiger partial charge in [-0.15, -0.1) is 0 Å². The molecule has 0 aliphatic rings. The molecule has 0 heterocycles. The molecule has 6 heteroatoms. The number of carbonyl (C=O) groups is 1. The van der Waals surface area contributed by atoms with Gasteiger partial charge in [0.15, 0.2) is 5.84 Å². The van der Waals surface area contributed by atoms with E-state index in [2.05, 4.69) is 33.1 Å². The lowest BCUT2D eigenvalue weighted by molar-refractivity contribution is 0.102. The van der Waals surface area contributed by atoms with E-state index in [0.29, 0.717) is 16.8 Å². The van der Waals surface area contributed by atoms with Crippen molar-refractivity contribution in [2.75, 3.05) is 5.32 Å². The maximum Gasteiger partial charge on any atom is 0.256 e. The van der Waals surface area contributed by atoms with Crippen molar-refractivity contribution in [1.82, 2.24) is 0 Å². The first-order chi connectivity index (χ1) is 10.0. The molecule has 0 saturated carbocycles. The summed E-state index contributed by atoms with van der Waals surface area (Å²) in [7, 11) is 0. The van der Waals surface area contributed by atoms with Gasteiger partial charge in [-0.25, -0.2) is 0 Å². The van der Waals surface area contributed by atoms with Crippen molar-refractivity contribution in [2.45, 2.75) is 6.92 Å². The predicted octanol–water partition coefficient (Wildman–Crippen LogP) is 2.95. The molecule has 21 heavy (non-hydrogen) atoms. The van der Waals surface area contributed by atoms with Crippen molar-refractivity contribution < 1.29 is 10.0 Å². The van der Waals surface area contributed by atoms with Crippen LogP contribution in [-0.4, -0.2) is 17.0 Å². The van der Waals surface area contributed by atoms with Crippen LogP contribution in [0.2, 0.25) is 0 Å². The summed E-state index contributed by atoms with van der Waals surface area (Å²) in [6, 6.07) is 12.4. The number of nitrogens with one attached hydrogen (secondary N) is 1. The third-order valence-electron chi connectivity index (χ3n) is 2.96. The van der Waals surface area contributed by atoms with Crippen LogP contribution in [-0.2, 0) is 0 Å². The molecule has 5 nitrogen and oxygen atoms in total. The Labute approximate surface area is 136 Å². The lowest BCUT2D eigenvalue weighted by Crippen LogP contribution is -2.16. The summed E-state index contributed by atoms with van der Waals surface area (Å²) in [5.74, 6) is -0.198. The number of halogens is 1. The SMILES string of the molecule is Cc1cccc(C(=O)Nc2cccc(/C(N)=N/O)c2)c1I. The number of aryl methyl sites for hydroxylation is 1. The van der Waals surface area contributed by atoms with Crippen LogP contribution in [0.1, 0.15) is 21.5 Å². The molecule has 0 aliphatic heterocycles. The number of nitrogens with two attached hydrogens (primary N) is 1. The van der Waals surface area contributed by atoms with Gasteiger partial charge in [-0.1, -0.05) is 29.4 Å². The maximum absolute atomic E-state index is 12.3. The number of rotatable bonds is 3. The van der Waals surface area contributed by atoms with Crippen molar-refractivity contribution in [3.05, 3.63) is 62.7 Å². The zero-order valence-corrected chi connectivity index (χ0v) is 13.5. The molecule has 0 radical (unpaired) electrons. The van der Waals surface area contributed by atoms with Crippen LogP contribution in [0, 0.1) is 10.5 Å². The number of hydrogen-bond donors (Lipinski definition) is 3. The van der Waals surface area contributed by atoms with Gasteiger partial charge in [0, 0.05) is 14.8 Å². The predicted molar refractivity (Wildman–Crippen MR) is 90.8 cm³/mol. The zero-order chi connectivity index (χ0) is 15.4. The summed E-state index contributed by atoms with van der Waals surface area (Å²) in [4.78, 5) is 12.3. The molecule has 4 N–H and O–H groups in total. The quantitative estimate of drug-likeness (QED) is 0.246. The monoisotopic (exact) mass is 395 g/mol. The number of anilines is 1. The fraction of sp³-hybridized carbons (Fsp3) is 0.0667. The lowest BCUT2D eigenvalue weighted by atomic mass is 10.1. The molecule has 0 atom stereocenters. The molecule has 0 aliphatic carbocycles. The van der Waals surface area contributed by atoms with Crippen LogP contribution in [0.15, 0.2) is 47.6 Å². The minimum absolute atomic E-state index is 0.00349. The van der Waals surface area contributed by atoms with E-state index in [1.54, 1.807) is 30.3 Å². The second-order valence-electron chi connectivity index (χ2n) is 4.46. The summed E-state index contributed by atoms with van der Waals surface area (Å²) < 4.78 is 0.917. The topological polar surface area (TPSA) is 87.7 Å². The van der Waals surface area contributed by atoms with Crippen LogP contribution in [0.4, 0.5) is 5.69 Å². The van der Waals surface area contributed by atoms with E-state index in [-0.39, 0.29) is 11.7 Å². The van der Waals surface area contributed by atoms with E-state index in [1.807, 2.05) is 19.1 Å². The number of amidine groups is 1. The van der Waals surface area contributed by atoms with Gasteiger partial charge >= 0.3 is 0 Å². The molecular weight excluding hydrogens is 381 g/mol. The summed E-state index contributed by atoms with van der Waals surface area (Å²) >= 11 is 2.15. The number of carbonyl (C=O) groups excluding carboxylic acids is 1. The fourth-order valence-corrected chi connectivity index (χ4v) is 2.44. The van der Waals surface area contributed by atoms with Crippen LogP contribution >= 0.6 is 22.6 Å². The van der Waals surface area contributed by atoms with Crippen molar-refractivity contribution in [3.8, 4) is 0 Å². The molecule has 0 bridgehead atoms. The van der Waals surface area contributed by atoms with Crippen LogP contribution < -0.4 is 11.1 Å². The fourth-order valence-electron chi connectivity index (χ4n) is 1.84. The normalized spacial score (nSPS) is 11.2. The van der Waals surface area contributed by atoms with Gasteiger partial charge < -0.3 is 16.3 Å². The van der Waals surface area contributed by atoms with Crippen molar-refractivity contribution >= 4 is 40.0 Å². The highest BCUT2D eigenvalue weighted by Crippen LogP contribution is 2.19. The van der Waals surface area contributed by atoms with Crippen LogP contribution in [0.25, 0.3) is 0 Å². The second kappa shape index (κ2) is 6.57. The van der Waals surface area contributed by atoms with Crippen molar-refractivity contribution in [1.29, 1.82) is 0 Å². The minimum atomic E-state index is -0.195. The van der Waals surface area contributed by atoms with Gasteiger partial charge in [0.1, 0.15) is 0 Å². The third kappa shape index (κ3) is 3.52. The Morgan fingerprint density at radius 3 is 2.71 bits per heavy atom. The third-order valence-corrected chi connectivity index (χ3v) is 4.39. The first-order valence-electron chi connectivity index (χ1n) is 6.17. The van der Waals surface area contributed by atoms with Gasteiger partial charge in [0.25, 0.3) is 5.91 Å². The molecule has 0 aromatic heterocycles. The number of nitrogens with zero attached hydrogens (tertiary/aromatic N) is 1. The molecule has 0 fully saturated rings. The Hall–Kier alpha value is -2.09. The van der Waals surface area contributed by atoms with Gasteiger partial charge in [-0.05, 0) is 53.3 Å². The van der Waals surface area contributed by atoms with E-state index in [0.717, 1.165) is 9.13 Å². The minimum Gasteiger partial charge on any atom is -0.409 e. The van der Waals surface area contributed by atoms with Crippen molar-refractivity contribution in [2.24, 2.45) is 10.9 Å². The van der Waals surface area contributed by atoms with Crippen LogP contribution in [0.3, 0.4) is 0 Å². The summed E-state index contributed by atoms with van der Waals surface area (Å²) in [5, 5.41) is 14.4. The Balaban J connectivity index is 2.26. The molecule has 2 rings (SSSR count). The average molecular weight is 395 g/mol. The molecule has 0 spiro atoms. The Morgan fingerprint density at radius 1 is 1.29 bits per heavy atom. The molecule has 0 unspecified atom stereocenters. The number of amides is 1. The standard InChI is InChI=1S/C15H14IN3O2/c1-9-4-2-7-12(13(9)16)15(20)18-11-6-3-5-10(8-11)14(17)19-21/h2-8,21H,1H3,(H2,17,19)(H,18,20). The van der Waals surface area contributed by atoms with E-state index >= 15 is 0 Å². The van der Waals surface area contributed by atoms with Gasteiger partial charge in [-0.2, -0.15) is 0 Å². The average Bonchev–Trinajstić information content (AvgIpc) is 2.49. The van der Waals surface area contributed by atoms with E-state index in [1.165, 1.54) is 0 Å².